The first-order chi connectivity index (χ1) is 14.5. The predicted molar refractivity (Wildman–Crippen MR) is 113 cm³/mol. The number of pyridine rings is 1. The summed E-state index contributed by atoms with van der Waals surface area (Å²) < 4.78 is 5.02. The lowest BCUT2D eigenvalue weighted by Crippen LogP contribution is -2.12. The van der Waals surface area contributed by atoms with E-state index in [0.29, 0.717) is 28.0 Å². The average Bonchev–Trinajstić information content (AvgIpc) is 3.21. The van der Waals surface area contributed by atoms with Crippen LogP contribution in [0, 0.1) is 0 Å². The van der Waals surface area contributed by atoms with Crippen LogP contribution in [-0.4, -0.2) is 38.2 Å². The van der Waals surface area contributed by atoms with Gasteiger partial charge < -0.3 is 10.1 Å². The Bertz CT molecular complexity index is 1190. The molecular formula is C21H17ClN6O2. The molecule has 150 valence electrons. The first kappa shape index (κ1) is 19.5. The Kier molecular flexibility index (Phi) is 5.40. The first-order valence-corrected chi connectivity index (χ1v) is 9.37. The summed E-state index contributed by atoms with van der Waals surface area (Å²) in [5.41, 5.74) is 3.50. The molecule has 4 aromatic rings. The van der Waals surface area contributed by atoms with Crippen molar-refractivity contribution in [2.24, 2.45) is 7.05 Å². The molecule has 2 aromatic heterocycles. The Hall–Kier alpha value is -3.78. The van der Waals surface area contributed by atoms with Crippen molar-refractivity contribution >= 4 is 23.2 Å². The Morgan fingerprint density at radius 2 is 1.83 bits per heavy atom. The van der Waals surface area contributed by atoms with Gasteiger partial charge in [0.2, 0.25) is 11.7 Å². The van der Waals surface area contributed by atoms with Gasteiger partial charge in [0.15, 0.2) is 0 Å². The molecule has 0 bridgehead atoms. The molecule has 0 aliphatic heterocycles. The monoisotopic (exact) mass is 420 g/mol. The second kappa shape index (κ2) is 8.30. The summed E-state index contributed by atoms with van der Waals surface area (Å²) in [6.07, 6.45) is 1.53. The number of aryl methyl sites for hydroxylation is 1. The van der Waals surface area contributed by atoms with Gasteiger partial charge in [0, 0.05) is 27.8 Å². The zero-order valence-electron chi connectivity index (χ0n) is 16.2. The van der Waals surface area contributed by atoms with Gasteiger partial charge in [0.05, 0.1) is 26.0 Å². The van der Waals surface area contributed by atoms with E-state index in [2.05, 4.69) is 25.7 Å². The molecule has 0 radical (unpaired) electrons. The Morgan fingerprint density at radius 1 is 1.07 bits per heavy atom. The third-order valence-electron chi connectivity index (χ3n) is 4.39. The van der Waals surface area contributed by atoms with E-state index in [9.17, 15) is 4.79 Å². The van der Waals surface area contributed by atoms with Crippen LogP contribution in [-0.2, 0) is 7.05 Å². The van der Waals surface area contributed by atoms with E-state index < -0.39 is 0 Å². The number of aromatic nitrogens is 5. The fourth-order valence-corrected chi connectivity index (χ4v) is 3.09. The number of amides is 1. The molecule has 0 saturated heterocycles. The highest BCUT2D eigenvalue weighted by Gasteiger charge is 2.12. The smallest absolute Gasteiger partial charge is 0.255 e. The van der Waals surface area contributed by atoms with E-state index in [1.165, 1.54) is 18.1 Å². The summed E-state index contributed by atoms with van der Waals surface area (Å²) in [5, 5.41) is 15.4. The third kappa shape index (κ3) is 4.13. The van der Waals surface area contributed by atoms with E-state index in [1.807, 2.05) is 24.3 Å². The van der Waals surface area contributed by atoms with Gasteiger partial charge in [-0.15, -0.1) is 10.2 Å². The maximum Gasteiger partial charge on any atom is 0.255 e. The minimum absolute atomic E-state index is 0.264. The summed E-state index contributed by atoms with van der Waals surface area (Å²) in [6, 6.07) is 16.1. The number of nitrogens with zero attached hydrogens (tertiary/aromatic N) is 5. The van der Waals surface area contributed by atoms with Crippen molar-refractivity contribution in [2.45, 2.75) is 0 Å². The van der Waals surface area contributed by atoms with Crippen LogP contribution in [0.4, 0.5) is 5.69 Å². The molecule has 9 heteroatoms. The summed E-state index contributed by atoms with van der Waals surface area (Å²) in [6.45, 7) is 0. The molecule has 0 spiro atoms. The van der Waals surface area contributed by atoms with Gasteiger partial charge in [0.25, 0.3) is 5.91 Å². The molecule has 0 atom stereocenters. The second-order valence-corrected chi connectivity index (χ2v) is 6.83. The topological polar surface area (TPSA) is 94.8 Å². The van der Waals surface area contributed by atoms with Crippen molar-refractivity contribution in [2.75, 3.05) is 12.4 Å². The number of halogens is 1. The molecule has 4 rings (SSSR count). The molecule has 1 N–H and O–H groups in total. The van der Waals surface area contributed by atoms with Crippen molar-refractivity contribution in [3.8, 4) is 28.4 Å². The fourth-order valence-electron chi connectivity index (χ4n) is 2.86. The van der Waals surface area contributed by atoms with E-state index in [0.717, 1.165) is 16.7 Å². The van der Waals surface area contributed by atoms with Crippen molar-refractivity contribution in [1.82, 2.24) is 25.2 Å². The molecule has 2 heterocycles. The minimum Gasteiger partial charge on any atom is -0.481 e. The maximum atomic E-state index is 12.7. The van der Waals surface area contributed by atoms with Gasteiger partial charge in [-0.05, 0) is 35.0 Å². The van der Waals surface area contributed by atoms with E-state index in [4.69, 9.17) is 16.3 Å². The Balaban J connectivity index is 1.57. The highest BCUT2D eigenvalue weighted by molar-refractivity contribution is 6.33. The van der Waals surface area contributed by atoms with E-state index in [-0.39, 0.29) is 5.91 Å². The largest absolute Gasteiger partial charge is 0.481 e. The number of benzene rings is 2. The van der Waals surface area contributed by atoms with Gasteiger partial charge in [-0.3, -0.25) is 4.79 Å². The van der Waals surface area contributed by atoms with Crippen LogP contribution in [0.5, 0.6) is 5.88 Å². The molecular weight excluding hydrogens is 404 g/mol. The molecule has 0 aliphatic carbocycles. The number of methoxy groups -OCH3 is 1. The number of ether oxygens (including phenoxy) is 1. The number of carbonyl (C=O) groups excluding carboxylic acids is 1. The maximum absolute atomic E-state index is 12.7. The minimum atomic E-state index is -0.264. The average molecular weight is 421 g/mol. The lowest BCUT2D eigenvalue weighted by Gasteiger charge is -2.10. The van der Waals surface area contributed by atoms with Crippen molar-refractivity contribution in [3.63, 3.8) is 0 Å². The van der Waals surface area contributed by atoms with Crippen molar-refractivity contribution in [3.05, 3.63) is 71.4 Å². The predicted octanol–water partition coefficient (Wildman–Crippen LogP) is 3.85. The summed E-state index contributed by atoms with van der Waals surface area (Å²) in [5.74, 6) is 0.749. The Morgan fingerprint density at radius 3 is 2.47 bits per heavy atom. The quantitative estimate of drug-likeness (QED) is 0.527. The summed E-state index contributed by atoms with van der Waals surface area (Å²) in [4.78, 5) is 18.2. The van der Waals surface area contributed by atoms with Crippen LogP contribution < -0.4 is 10.1 Å². The molecule has 2 aromatic carbocycles. The molecule has 0 fully saturated rings. The number of hydrogen-bond donors (Lipinski definition) is 1. The Labute approximate surface area is 177 Å². The van der Waals surface area contributed by atoms with Crippen LogP contribution in [0.3, 0.4) is 0 Å². The molecule has 30 heavy (non-hydrogen) atoms. The van der Waals surface area contributed by atoms with Crippen LogP contribution in [0.2, 0.25) is 5.02 Å². The van der Waals surface area contributed by atoms with Crippen LogP contribution in [0.1, 0.15) is 10.4 Å². The highest BCUT2D eigenvalue weighted by Crippen LogP contribution is 2.30. The summed E-state index contributed by atoms with van der Waals surface area (Å²) in [7, 11) is 3.25. The number of anilines is 1. The van der Waals surface area contributed by atoms with Crippen LogP contribution in [0.15, 0.2) is 60.8 Å². The zero-order chi connectivity index (χ0) is 21.1. The summed E-state index contributed by atoms with van der Waals surface area (Å²) >= 11 is 6.40. The molecule has 0 unspecified atom stereocenters. The molecule has 8 nitrogen and oxygen atoms in total. The van der Waals surface area contributed by atoms with Gasteiger partial charge in [0.1, 0.15) is 0 Å². The van der Waals surface area contributed by atoms with Crippen molar-refractivity contribution < 1.29 is 9.53 Å². The number of tetrazole rings is 1. The molecule has 0 aliphatic rings. The van der Waals surface area contributed by atoms with Gasteiger partial charge in [-0.2, -0.15) is 4.80 Å². The SMILES string of the molecule is COc1ccc(NC(=O)c2ccc(Cl)c(-c3ccc(-c4nnn(C)n4)cc3)c2)cn1. The van der Waals surface area contributed by atoms with E-state index in [1.54, 1.807) is 37.4 Å². The number of nitrogens with one attached hydrogen (secondary N) is 1. The third-order valence-corrected chi connectivity index (χ3v) is 4.72. The normalized spacial score (nSPS) is 10.6. The number of carbonyl (C=O) groups is 1. The van der Waals surface area contributed by atoms with Gasteiger partial charge in [-0.1, -0.05) is 35.9 Å². The molecule has 1 amide bonds. The van der Waals surface area contributed by atoms with Gasteiger partial charge in [-0.25, -0.2) is 4.98 Å². The molecule has 0 saturated carbocycles. The van der Waals surface area contributed by atoms with Crippen molar-refractivity contribution in [1.29, 1.82) is 0 Å². The fraction of sp³-hybridized carbons (Fsp3) is 0.0952. The lowest BCUT2D eigenvalue weighted by molar-refractivity contribution is 0.102. The number of hydrogen-bond acceptors (Lipinski definition) is 6. The lowest BCUT2D eigenvalue weighted by atomic mass is 10.0. The first-order valence-electron chi connectivity index (χ1n) is 8.99. The zero-order valence-corrected chi connectivity index (χ0v) is 17.0. The highest BCUT2D eigenvalue weighted by atomic mass is 35.5. The van der Waals surface area contributed by atoms with E-state index >= 15 is 0 Å². The second-order valence-electron chi connectivity index (χ2n) is 6.42. The van der Waals surface area contributed by atoms with Gasteiger partial charge >= 0.3 is 0 Å². The van der Waals surface area contributed by atoms with Crippen LogP contribution in [0.25, 0.3) is 22.5 Å². The van der Waals surface area contributed by atoms with Crippen LogP contribution >= 0.6 is 11.6 Å². The standard InChI is InChI=1S/C21H17ClN6O2/c1-28-26-20(25-27-28)14-5-3-13(4-6-14)17-11-15(7-9-18(17)22)21(29)24-16-8-10-19(30-2)23-12-16/h3-12H,1-2H3,(H,24,29). The number of rotatable bonds is 5.